The van der Waals surface area contributed by atoms with Crippen LogP contribution in [0.15, 0.2) is 47.9 Å². The third-order valence-electron chi connectivity index (χ3n) is 5.85. The molecule has 1 aliphatic rings. The smallest absolute Gasteiger partial charge is 0.242 e. The maximum Gasteiger partial charge on any atom is 0.242 e. The summed E-state index contributed by atoms with van der Waals surface area (Å²) in [6.07, 6.45) is 8.04. The van der Waals surface area contributed by atoms with E-state index in [1.54, 1.807) is 18.0 Å². The summed E-state index contributed by atoms with van der Waals surface area (Å²) < 4.78 is 2.05. The van der Waals surface area contributed by atoms with Gasteiger partial charge in [-0.25, -0.2) is 4.98 Å². The lowest BCUT2D eigenvalue weighted by atomic mass is 10.00. The van der Waals surface area contributed by atoms with Gasteiger partial charge in [0.25, 0.3) is 0 Å². The molecule has 4 rings (SSSR count). The average molecular weight is 409 g/mol. The number of hydrogen-bond donors (Lipinski definition) is 0. The average Bonchev–Trinajstić information content (AvgIpc) is 3.10. The molecular weight excluding hydrogens is 380 g/mol. The summed E-state index contributed by atoms with van der Waals surface area (Å²) in [6, 6.07) is 10.7. The van der Waals surface area contributed by atoms with E-state index in [2.05, 4.69) is 52.6 Å². The Balaban J connectivity index is 1.59. The molecule has 0 radical (unpaired) electrons. The monoisotopic (exact) mass is 408 g/mol. The van der Waals surface area contributed by atoms with Gasteiger partial charge in [0.1, 0.15) is 6.54 Å². The van der Waals surface area contributed by atoms with Gasteiger partial charge in [0, 0.05) is 24.5 Å². The quantitative estimate of drug-likeness (QED) is 0.549. The Hall–Kier alpha value is -2.34. The minimum Gasteiger partial charge on any atom is -0.338 e. The lowest BCUT2D eigenvalue weighted by molar-refractivity contribution is -0.135. The Bertz CT molecular complexity index is 999. The lowest BCUT2D eigenvalue weighted by Gasteiger charge is -2.35. The van der Waals surface area contributed by atoms with Crippen LogP contribution in [0.5, 0.6) is 0 Å². The van der Waals surface area contributed by atoms with E-state index in [1.807, 2.05) is 12.3 Å². The van der Waals surface area contributed by atoms with Gasteiger partial charge in [0.15, 0.2) is 5.16 Å². The van der Waals surface area contributed by atoms with Crippen LogP contribution in [0.3, 0.4) is 0 Å². The third-order valence-corrected chi connectivity index (χ3v) is 6.87. The van der Waals surface area contributed by atoms with E-state index in [-0.39, 0.29) is 5.91 Å². The van der Waals surface area contributed by atoms with Crippen molar-refractivity contribution in [2.75, 3.05) is 6.54 Å². The molecule has 1 aromatic carbocycles. The number of amides is 1. The van der Waals surface area contributed by atoms with Gasteiger partial charge >= 0.3 is 0 Å². The Kier molecular flexibility index (Phi) is 6.19. The van der Waals surface area contributed by atoms with Crippen molar-refractivity contribution in [1.29, 1.82) is 0 Å². The fourth-order valence-corrected chi connectivity index (χ4v) is 5.19. The summed E-state index contributed by atoms with van der Waals surface area (Å²) in [5.74, 6) is 1.02. The molecular formula is C23H28N4OS. The van der Waals surface area contributed by atoms with Crippen LogP contribution in [0, 0.1) is 6.92 Å². The molecule has 29 heavy (non-hydrogen) atoms. The Morgan fingerprint density at radius 1 is 1.24 bits per heavy atom. The van der Waals surface area contributed by atoms with Crippen molar-refractivity contribution < 1.29 is 4.79 Å². The van der Waals surface area contributed by atoms with E-state index in [9.17, 15) is 4.79 Å². The van der Waals surface area contributed by atoms with Crippen molar-refractivity contribution in [3.63, 3.8) is 0 Å². The van der Waals surface area contributed by atoms with E-state index in [1.165, 1.54) is 17.5 Å². The summed E-state index contributed by atoms with van der Waals surface area (Å²) in [6.45, 7) is 5.51. The van der Waals surface area contributed by atoms with E-state index >= 15 is 0 Å². The molecule has 0 aliphatic carbocycles. The molecule has 1 fully saturated rings. The van der Waals surface area contributed by atoms with Gasteiger partial charge in [-0.3, -0.25) is 9.78 Å². The number of aryl methyl sites for hydroxylation is 1. The first kappa shape index (κ1) is 20.0. The van der Waals surface area contributed by atoms with Crippen LogP contribution in [0.2, 0.25) is 0 Å². The van der Waals surface area contributed by atoms with Gasteiger partial charge in [0.05, 0.1) is 17.2 Å². The number of benzene rings is 1. The third kappa shape index (κ3) is 4.32. The van der Waals surface area contributed by atoms with Crippen LogP contribution < -0.4 is 0 Å². The van der Waals surface area contributed by atoms with Crippen LogP contribution in [0.25, 0.3) is 11.0 Å². The number of carbonyl (C=O) groups is 1. The summed E-state index contributed by atoms with van der Waals surface area (Å²) >= 11 is 1.69. The molecule has 0 unspecified atom stereocenters. The van der Waals surface area contributed by atoms with Gasteiger partial charge in [-0.1, -0.05) is 43.0 Å². The molecule has 0 N–H and O–H groups in total. The van der Waals surface area contributed by atoms with E-state index in [0.717, 1.165) is 47.7 Å². The highest BCUT2D eigenvalue weighted by Crippen LogP contribution is 2.28. The Morgan fingerprint density at radius 3 is 2.93 bits per heavy atom. The summed E-state index contributed by atoms with van der Waals surface area (Å²) in [5.41, 5.74) is 4.39. The molecule has 2 aromatic heterocycles. The minimum atomic E-state index is 0.192. The first-order chi connectivity index (χ1) is 14.2. The Morgan fingerprint density at radius 2 is 2.10 bits per heavy atom. The number of nitrogens with zero attached hydrogens (tertiary/aromatic N) is 4. The zero-order valence-electron chi connectivity index (χ0n) is 17.2. The molecule has 1 atom stereocenters. The van der Waals surface area contributed by atoms with Crippen molar-refractivity contribution >= 4 is 28.7 Å². The molecule has 1 amide bonds. The standard InChI is InChI=1S/C23H28N4OS/c1-3-19-10-6-7-13-26(19)22(28)15-27-21-14-24-12-11-20(21)25-23(27)29-16-18-9-5-4-8-17(18)2/h4-5,8-9,11-12,14,19H,3,6-7,10,13,15-16H2,1-2H3/t19-/m0/s1. The molecule has 3 heterocycles. The number of thioether (sulfide) groups is 1. The van der Waals surface area contributed by atoms with Crippen molar-refractivity contribution in [1.82, 2.24) is 19.4 Å². The normalized spacial score (nSPS) is 17.0. The first-order valence-corrected chi connectivity index (χ1v) is 11.4. The molecule has 1 aliphatic heterocycles. The molecule has 0 bridgehead atoms. The molecule has 0 spiro atoms. The molecule has 1 saturated heterocycles. The van der Waals surface area contributed by atoms with Gasteiger partial charge in [-0.05, 0) is 49.8 Å². The maximum atomic E-state index is 13.2. The molecule has 5 nitrogen and oxygen atoms in total. The Labute approximate surface area is 176 Å². The molecule has 3 aromatic rings. The number of pyridine rings is 1. The van der Waals surface area contributed by atoms with Crippen LogP contribution in [0.4, 0.5) is 0 Å². The SMILES string of the molecule is CC[C@H]1CCCCN1C(=O)Cn1c(SCc2ccccc2C)nc2ccncc21. The fraction of sp³-hybridized carbons (Fsp3) is 0.435. The lowest BCUT2D eigenvalue weighted by Crippen LogP contribution is -2.44. The summed E-state index contributed by atoms with van der Waals surface area (Å²) in [5, 5.41) is 0.884. The number of imidazole rings is 1. The number of hydrogen-bond acceptors (Lipinski definition) is 4. The zero-order chi connectivity index (χ0) is 20.2. The second-order valence-electron chi connectivity index (χ2n) is 7.71. The number of piperidine rings is 1. The number of fused-ring (bicyclic) bond motifs is 1. The van der Waals surface area contributed by atoms with Crippen LogP contribution in [-0.2, 0) is 17.1 Å². The van der Waals surface area contributed by atoms with Crippen molar-refractivity contribution in [2.45, 2.75) is 63.0 Å². The van der Waals surface area contributed by atoms with Crippen LogP contribution in [0.1, 0.15) is 43.7 Å². The predicted molar refractivity (Wildman–Crippen MR) is 118 cm³/mol. The largest absolute Gasteiger partial charge is 0.338 e. The van der Waals surface area contributed by atoms with Gasteiger partial charge < -0.3 is 9.47 Å². The summed E-state index contributed by atoms with van der Waals surface area (Å²) in [7, 11) is 0. The molecule has 152 valence electrons. The van der Waals surface area contributed by atoms with Crippen molar-refractivity contribution in [3.8, 4) is 0 Å². The summed E-state index contributed by atoms with van der Waals surface area (Å²) in [4.78, 5) is 24.4. The molecule has 6 heteroatoms. The predicted octanol–water partition coefficient (Wildman–Crippen LogP) is 4.82. The van der Waals surface area contributed by atoms with Gasteiger partial charge in [-0.2, -0.15) is 0 Å². The highest BCUT2D eigenvalue weighted by atomic mass is 32.2. The second-order valence-corrected chi connectivity index (χ2v) is 8.65. The first-order valence-electron chi connectivity index (χ1n) is 10.4. The second kappa shape index (κ2) is 8.99. The maximum absolute atomic E-state index is 13.2. The van der Waals surface area contributed by atoms with Gasteiger partial charge in [-0.15, -0.1) is 0 Å². The van der Waals surface area contributed by atoms with Crippen LogP contribution in [-0.4, -0.2) is 37.9 Å². The van der Waals surface area contributed by atoms with Crippen molar-refractivity contribution in [3.05, 3.63) is 53.9 Å². The number of rotatable bonds is 6. The highest BCUT2D eigenvalue weighted by molar-refractivity contribution is 7.98. The molecule has 0 saturated carbocycles. The highest BCUT2D eigenvalue weighted by Gasteiger charge is 2.26. The van der Waals surface area contributed by atoms with Gasteiger partial charge in [0.2, 0.25) is 5.91 Å². The van der Waals surface area contributed by atoms with Crippen molar-refractivity contribution in [2.24, 2.45) is 0 Å². The van der Waals surface area contributed by atoms with E-state index in [0.29, 0.717) is 12.6 Å². The topological polar surface area (TPSA) is 51.0 Å². The number of aromatic nitrogens is 3. The van der Waals surface area contributed by atoms with E-state index in [4.69, 9.17) is 4.98 Å². The number of likely N-dealkylation sites (tertiary alicyclic amines) is 1. The van der Waals surface area contributed by atoms with Crippen LogP contribution >= 0.6 is 11.8 Å². The fourth-order valence-electron chi connectivity index (χ4n) is 4.10. The van der Waals surface area contributed by atoms with E-state index < -0.39 is 0 Å². The zero-order valence-corrected chi connectivity index (χ0v) is 18.0. The minimum absolute atomic E-state index is 0.192. The number of carbonyl (C=O) groups excluding carboxylic acids is 1.